The Kier molecular flexibility index (Phi) is 3.76. The SMILES string of the molecule is [Br-].c1ccc(-c2c3ccccc3cc3ccccc23)cc1. The fourth-order valence-corrected chi connectivity index (χ4v) is 2.93. The molecule has 0 aromatic heterocycles. The van der Waals surface area contributed by atoms with E-state index in [1.165, 1.54) is 32.7 Å². The lowest BCUT2D eigenvalue weighted by atomic mass is 9.92. The van der Waals surface area contributed by atoms with Crippen molar-refractivity contribution in [2.45, 2.75) is 0 Å². The van der Waals surface area contributed by atoms with Crippen LogP contribution in [0.15, 0.2) is 84.9 Å². The number of hydrogen-bond acceptors (Lipinski definition) is 0. The number of halogens is 1. The van der Waals surface area contributed by atoms with Gasteiger partial charge in [0.1, 0.15) is 0 Å². The summed E-state index contributed by atoms with van der Waals surface area (Å²) in [6.07, 6.45) is 0. The van der Waals surface area contributed by atoms with Crippen molar-refractivity contribution >= 4 is 21.5 Å². The Balaban J connectivity index is 0.00000132. The largest absolute Gasteiger partial charge is 1.00 e. The first kappa shape index (κ1) is 13.8. The van der Waals surface area contributed by atoms with E-state index < -0.39 is 0 Å². The monoisotopic (exact) mass is 333 g/mol. The van der Waals surface area contributed by atoms with Crippen LogP contribution in [0.4, 0.5) is 0 Å². The van der Waals surface area contributed by atoms with E-state index in [4.69, 9.17) is 0 Å². The van der Waals surface area contributed by atoms with E-state index >= 15 is 0 Å². The normalized spacial score (nSPS) is 10.5. The van der Waals surface area contributed by atoms with Crippen molar-refractivity contribution in [3.8, 4) is 11.1 Å². The molecule has 0 N–H and O–H groups in total. The minimum Gasteiger partial charge on any atom is -1.00 e. The van der Waals surface area contributed by atoms with Gasteiger partial charge in [-0.25, -0.2) is 0 Å². The van der Waals surface area contributed by atoms with Gasteiger partial charge in [-0.05, 0) is 38.7 Å². The second kappa shape index (κ2) is 5.71. The molecule has 0 atom stereocenters. The Labute approximate surface area is 134 Å². The van der Waals surface area contributed by atoms with E-state index in [9.17, 15) is 0 Å². The molecule has 0 amide bonds. The van der Waals surface area contributed by atoms with Gasteiger partial charge >= 0.3 is 0 Å². The van der Waals surface area contributed by atoms with Gasteiger partial charge in [0.2, 0.25) is 0 Å². The smallest absolute Gasteiger partial charge is 0.00268 e. The Hall–Kier alpha value is -2.12. The van der Waals surface area contributed by atoms with E-state index in [0.717, 1.165) is 0 Å². The molecule has 0 radical (unpaired) electrons. The summed E-state index contributed by atoms with van der Waals surface area (Å²) in [4.78, 5) is 0. The standard InChI is InChI=1S/C20H14.BrH/c1-2-8-15(9-3-1)20-18-12-6-4-10-16(18)14-17-11-5-7-13-19(17)20;/h1-14H;1H/p-1. The summed E-state index contributed by atoms with van der Waals surface area (Å²) in [5, 5.41) is 5.23. The first-order valence-corrected chi connectivity index (χ1v) is 6.89. The summed E-state index contributed by atoms with van der Waals surface area (Å²) < 4.78 is 0. The molecule has 21 heavy (non-hydrogen) atoms. The molecular formula is C20H14Br-. The van der Waals surface area contributed by atoms with Crippen molar-refractivity contribution in [1.29, 1.82) is 0 Å². The number of benzene rings is 4. The molecule has 102 valence electrons. The number of rotatable bonds is 1. The lowest BCUT2D eigenvalue weighted by Crippen LogP contribution is -3.00. The Bertz CT molecular complexity index is 841. The molecular weight excluding hydrogens is 320 g/mol. The maximum atomic E-state index is 2.27. The van der Waals surface area contributed by atoms with Gasteiger partial charge < -0.3 is 17.0 Å². The van der Waals surface area contributed by atoms with Gasteiger partial charge in [-0.15, -0.1) is 0 Å². The van der Waals surface area contributed by atoms with Crippen LogP contribution >= 0.6 is 0 Å². The second-order valence-electron chi connectivity index (χ2n) is 5.06. The third kappa shape index (κ3) is 2.34. The van der Waals surface area contributed by atoms with Gasteiger partial charge in [0.05, 0.1) is 0 Å². The summed E-state index contributed by atoms with van der Waals surface area (Å²) in [6.45, 7) is 0. The average molecular weight is 334 g/mol. The van der Waals surface area contributed by atoms with Crippen LogP contribution in [0.5, 0.6) is 0 Å². The first-order chi connectivity index (χ1) is 9.93. The van der Waals surface area contributed by atoms with Gasteiger partial charge in [0.25, 0.3) is 0 Å². The fourth-order valence-electron chi connectivity index (χ4n) is 2.93. The molecule has 0 fully saturated rings. The van der Waals surface area contributed by atoms with Crippen molar-refractivity contribution in [1.82, 2.24) is 0 Å². The summed E-state index contributed by atoms with van der Waals surface area (Å²) in [6, 6.07) is 30.2. The highest BCUT2D eigenvalue weighted by Gasteiger charge is 2.08. The molecule has 0 saturated carbocycles. The minimum atomic E-state index is 0. The molecule has 0 aliphatic rings. The third-order valence-corrected chi connectivity index (χ3v) is 3.83. The average Bonchev–Trinajstić information content (AvgIpc) is 2.53. The predicted molar refractivity (Wildman–Crippen MR) is 86.9 cm³/mol. The highest BCUT2D eigenvalue weighted by atomic mass is 79.9. The highest BCUT2D eigenvalue weighted by molar-refractivity contribution is 6.12. The predicted octanol–water partition coefficient (Wildman–Crippen LogP) is 2.66. The fraction of sp³-hybridized carbons (Fsp3) is 0. The van der Waals surface area contributed by atoms with Crippen molar-refractivity contribution < 1.29 is 17.0 Å². The topological polar surface area (TPSA) is 0 Å². The van der Waals surface area contributed by atoms with Gasteiger partial charge in [-0.1, -0.05) is 78.9 Å². The van der Waals surface area contributed by atoms with Gasteiger partial charge in [-0.3, -0.25) is 0 Å². The molecule has 4 aromatic rings. The third-order valence-electron chi connectivity index (χ3n) is 3.83. The van der Waals surface area contributed by atoms with Crippen LogP contribution in [0.1, 0.15) is 0 Å². The summed E-state index contributed by atoms with van der Waals surface area (Å²) in [7, 11) is 0. The van der Waals surface area contributed by atoms with Gasteiger partial charge in [-0.2, -0.15) is 0 Å². The highest BCUT2D eigenvalue weighted by Crippen LogP contribution is 2.35. The van der Waals surface area contributed by atoms with E-state index in [1.54, 1.807) is 0 Å². The Morgan fingerprint density at radius 2 is 0.952 bits per heavy atom. The number of fused-ring (bicyclic) bond motifs is 2. The molecule has 0 spiro atoms. The molecule has 0 nitrogen and oxygen atoms in total. The molecule has 4 aromatic carbocycles. The van der Waals surface area contributed by atoms with Crippen LogP contribution in [0.3, 0.4) is 0 Å². The molecule has 0 heterocycles. The van der Waals surface area contributed by atoms with Crippen LogP contribution in [-0.2, 0) is 0 Å². The summed E-state index contributed by atoms with van der Waals surface area (Å²) in [5.41, 5.74) is 2.61. The number of hydrogen-bond donors (Lipinski definition) is 0. The van der Waals surface area contributed by atoms with Crippen LogP contribution in [0.2, 0.25) is 0 Å². The molecule has 0 bridgehead atoms. The summed E-state index contributed by atoms with van der Waals surface area (Å²) in [5.74, 6) is 0. The van der Waals surface area contributed by atoms with Crippen LogP contribution in [0.25, 0.3) is 32.7 Å². The summed E-state index contributed by atoms with van der Waals surface area (Å²) >= 11 is 0. The molecule has 4 rings (SSSR count). The van der Waals surface area contributed by atoms with Crippen LogP contribution < -0.4 is 17.0 Å². The lowest BCUT2D eigenvalue weighted by molar-refractivity contribution is -0.00000373. The van der Waals surface area contributed by atoms with Gasteiger partial charge in [0, 0.05) is 0 Å². The molecule has 0 saturated heterocycles. The molecule has 1 heteroatoms. The minimum absolute atomic E-state index is 0. The van der Waals surface area contributed by atoms with E-state index in [2.05, 4.69) is 84.9 Å². The molecule has 0 aliphatic heterocycles. The van der Waals surface area contributed by atoms with Crippen molar-refractivity contribution in [2.75, 3.05) is 0 Å². The molecule has 0 unspecified atom stereocenters. The van der Waals surface area contributed by atoms with Gasteiger partial charge in [0.15, 0.2) is 0 Å². The zero-order valence-electron chi connectivity index (χ0n) is 11.5. The lowest BCUT2D eigenvalue weighted by Gasteiger charge is -2.11. The maximum Gasteiger partial charge on any atom is -0.00268 e. The quantitative estimate of drug-likeness (QED) is 0.470. The maximum absolute atomic E-state index is 2.27. The van der Waals surface area contributed by atoms with E-state index in [1.807, 2.05) is 0 Å². The van der Waals surface area contributed by atoms with Crippen molar-refractivity contribution in [3.63, 3.8) is 0 Å². The van der Waals surface area contributed by atoms with Crippen molar-refractivity contribution in [2.24, 2.45) is 0 Å². The molecule has 0 aliphatic carbocycles. The van der Waals surface area contributed by atoms with Crippen LogP contribution in [0, 0.1) is 0 Å². The Morgan fingerprint density at radius 1 is 0.476 bits per heavy atom. The Morgan fingerprint density at radius 3 is 1.52 bits per heavy atom. The zero-order valence-corrected chi connectivity index (χ0v) is 13.0. The second-order valence-corrected chi connectivity index (χ2v) is 5.06. The van der Waals surface area contributed by atoms with E-state index in [0.29, 0.717) is 0 Å². The zero-order chi connectivity index (χ0) is 13.4. The van der Waals surface area contributed by atoms with Crippen LogP contribution in [-0.4, -0.2) is 0 Å². The van der Waals surface area contributed by atoms with Crippen molar-refractivity contribution in [3.05, 3.63) is 84.9 Å². The first-order valence-electron chi connectivity index (χ1n) is 6.89. The van der Waals surface area contributed by atoms with E-state index in [-0.39, 0.29) is 17.0 Å².